The van der Waals surface area contributed by atoms with Crippen molar-refractivity contribution in [3.63, 3.8) is 0 Å². The van der Waals surface area contributed by atoms with Crippen LogP contribution in [0.3, 0.4) is 0 Å². The number of aromatic nitrogens is 1. The lowest BCUT2D eigenvalue weighted by Gasteiger charge is -2.32. The molecule has 3 rings (SSSR count). The average Bonchev–Trinajstić information content (AvgIpc) is 3.01. The van der Waals surface area contributed by atoms with Gasteiger partial charge in [0.1, 0.15) is 5.69 Å². The van der Waals surface area contributed by atoms with Crippen LogP contribution >= 0.6 is 0 Å². The molecule has 1 saturated heterocycles. The van der Waals surface area contributed by atoms with Crippen molar-refractivity contribution in [3.05, 3.63) is 59.4 Å². The van der Waals surface area contributed by atoms with Crippen LogP contribution in [0.2, 0.25) is 0 Å². The van der Waals surface area contributed by atoms with Crippen LogP contribution in [-0.4, -0.2) is 34.4 Å². The Balaban J connectivity index is 1.54. The zero-order chi connectivity index (χ0) is 17.1. The number of amides is 2. The Kier molecular flexibility index (Phi) is 4.69. The third-order valence-corrected chi connectivity index (χ3v) is 4.83. The van der Waals surface area contributed by atoms with Gasteiger partial charge >= 0.3 is 0 Å². The zero-order valence-corrected chi connectivity index (χ0v) is 13.9. The number of aryl methyl sites for hydroxylation is 1. The summed E-state index contributed by atoms with van der Waals surface area (Å²) in [6.07, 6.45) is 4.89. The fourth-order valence-electron chi connectivity index (χ4n) is 3.32. The summed E-state index contributed by atoms with van der Waals surface area (Å²) >= 11 is 0. The quantitative estimate of drug-likeness (QED) is 0.936. The van der Waals surface area contributed by atoms with E-state index in [1.807, 2.05) is 47.0 Å². The molecule has 5 nitrogen and oxygen atoms in total. The first-order valence-corrected chi connectivity index (χ1v) is 8.34. The first kappa shape index (κ1) is 16.3. The van der Waals surface area contributed by atoms with Crippen molar-refractivity contribution in [2.24, 2.45) is 18.7 Å². The van der Waals surface area contributed by atoms with Gasteiger partial charge in [-0.15, -0.1) is 0 Å². The lowest BCUT2D eigenvalue weighted by Crippen LogP contribution is -2.39. The number of carbonyl (C=O) groups excluding carboxylic acids is 2. The minimum Gasteiger partial charge on any atom is -0.366 e. The molecule has 2 N–H and O–H groups in total. The molecule has 2 aromatic rings. The molecule has 0 radical (unpaired) electrons. The molecule has 0 saturated carbocycles. The number of nitrogens with two attached hydrogens (primary N) is 1. The number of hydrogen-bond donors (Lipinski definition) is 1. The van der Waals surface area contributed by atoms with Gasteiger partial charge in [0.25, 0.3) is 5.91 Å². The first-order chi connectivity index (χ1) is 11.5. The van der Waals surface area contributed by atoms with E-state index >= 15 is 0 Å². The number of nitrogens with zero attached hydrogens (tertiary/aromatic N) is 2. The molecule has 2 heterocycles. The summed E-state index contributed by atoms with van der Waals surface area (Å²) in [4.78, 5) is 25.6. The number of piperidine rings is 1. The fraction of sp³-hybridized carbons (Fsp3) is 0.368. The second-order valence-electron chi connectivity index (χ2n) is 6.51. The molecule has 5 heteroatoms. The van der Waals surface area contributed by atoms with Gasteiger partial charge in [0.2, 0.25) is 5.91 Å². The average molecular weight is 325 g/mol. The van der Waals surface area contributed by atoms with Crippen molar-refractivity contribution < 1.29 is 9.59 Å². The molecule has 1 aromatic carbocycles. The summed E-state index contributed by atoms with van der Waals surface area (Å²) in [7, 11) is 1.90. The Morgan fingerprint density at radius 1 is 1.12 bits per heavy atom. The van der Waals surface area contributed by atoms with Crippen LogP contribution < -0.4 is 5.73 Å². The van der Waals surface area contributed by atoms with E-state index < -0.39 is 5.91 Å². The first-order valence-electron chi connectivity index (χ1n) is 8.34. The maximum atomic E-state index is 12.5. The number of hydrogen-bond acceptors (Lipinski definition) is 2. The highest BCUT2D eigenvalue weighted by Gasteiger charge is 2.24. The summed E-state index contributed by atoms with van der Waals surface area (Å²) in [6, 6.07) is 11.3. The fourth-order valence-corrected chi connectivity index (χ4v) is 3.32. The normalized spacial score (nSPS) is 15.5. The molecule has 1 aliphatic rings. The minimum atomic E-state index is -0.394. The lowest BCUT2D eigenvalue weighted by atomic mass is 9.90. The predicted molar refractivity (Wildman–Crippen MR) is 92.7 cm³/mol. The van der Waals surface area contributed by atoms with E-state index in [-0.39, 0.29) is 5.91 Å². The minimum absolute atomic E-state index is 0.117. The molecule has 0 unspecified atom stereocenters. The molecule has 1 aromatic heterocycles. The number of rotatable bonds is 4. The number of primary amides is 1. The number of benzene rings is 1. The van der Waals surface area contributed by atoms with Crippen LogP contribution in [0.25, 0.3) is 0 Å². The van der Waals surface area contributed by atoms with Gasteiger partial charge in [-0.25, -0.2) is 0 Å². The van der Waals surface area contributed by atoms with E-state index in [0.717, 1.165) is 38.0 Å². The lowest BCUT2D eigenvalue weighted by molar-refractivity contribution is 0.0681. The van der Waals surface area contributed by atoms with Crippen LogP contribution in [0.5, 0.6) is 0 Å². The van der Waals surface area contributed by atoms with Gasteiger partial charge < -0.3 is 15.2 Å². The largest absolute Gasteiger partial charge is 0.366 e. The zero-order valence-electron chi connectivity index (χ0n) is 13.9. The van der Waals surface area contributed by atoms with Crippen LogP contribution in [-0.2, 0) is 13.5 Å². The highest BCUT2D eigenvalue weighted by atomic mass is 16.2. The van der Waals surface area contributed by atoms with Crippen molar-refractivity contribution in [1.29, 1.82) is 0 Å². The smallest absolute Gasteiger partial charge is 0.270 e. The summed E-state index contributed by atoms with van der Waals surface area (Å²) in [5.74, 6) is 0.294. The molecular formula is C19H23N3O2. The standard InChI is InChI=1S/C19H23N3O2/c1-21-10-2-3-17(21)19(24)22-11-8-15(9-12-22)13-14-4-6-16(7-5-14)18(20)23/h2-7,10,15H,8-9,11-13H2,1H3,(H2,20,23). The Morgan fingerprint density at radius 3 is 2.33 bits per heavy atom. The SMILES string of the molecule is Cn1cccc1C(=O)N1CCC(Cc2ccc(C(N)=O)cc2)CC1. The Hall–Kier alpha value is -2.56. The van der Waals surface area contributed by atoms with Gasteiger partial charge in [-0.3, -0.25) is 9.59 Å². The van der Waals surface area contributed by atoms with Gasteiger partial charge in [0.05, 0.1) is 0 Å². The molecule has 2 amide bonds. The summed E-state index contributed by atoms with van der Waals surface area (Å²) in [5.41, 5.74) is 7.77. The number of carbonyl (C=O) groups is 2. The van der Waals surface area contributed by atoms with Crippen LogP contribution in [0.15, 0.2) is 42.6 Å². The molecule has 24 heavy (non-hydrogen) atoms. The molecule has 0 spiro atoms. The van der Waals surface area contributed by atoms with Gasteiger partial charge in [0, 0.05) is 31.9 Å². The van der Waals surface area contributed by atoms with E-state index in [1.54, 1.807) is 12.1 Å². The second kappa shape index (κ2) is 6.91. The van der Waals surface area contributed by atoms with Gasteiger partial charge in [0.15, 0.2) is 0 Å². The predicted octanol–water partition coefficient (Wildman–Crippen LogP) is 2.22. The molecule has 0 bridgehead atoms. The monoisotopic (exact) mass is 325 g/mol. The Morgan fingerprint density at radius 2 is 1.79 bits per heavy atom. The van der Waals surface area contributed by atoms with Crippen molar-refractivity contribution in [2.75, 3.05) is 13.1 Å². The van der Waals surface area contributed by atoms with Gasteiger partial charge in [-0.1, -0.05) is 12.1 Å². The summed E-state index contributed by atoms with van der Waals surface area (Å²) < 4.78 is 1.87. The van der Waals surface area contributed by atoms with Crippen LogP contribution in [0.1, 0.15) is 39.3 Å². The van der Waals surface area contributed by atoms with Gasteiger partial charge in [-0.05, 0) is 55.0 Å². The van der Waals surface area contributed by atoms with Crippen molar-refractivity contribution in [3.8, 4) is 0 Å². The molecule has 1 fully saturated rings. The van der Waals surface area contributed by atoms with E-state index in [2.05, 4.69) is 0 Å². The van der Waals surface area contributed by atoms with E-state index in [4.69, 9.17) is 5.73 Å². The summed E-state index contributed by atoms with van der Waals surface area (Å²) in [5, 5.41) is 0. The topological polar surface area (TPSA) is 68.3 Å². The third kappa shape index (κ3) is 3.50. The maximum absolute atomic E-state index is 12.5. The van der Waals surface area contributed by atoms with Crippen molar-refractivity contribution in [1.82, 2.24) is 9.47 Å². The van der Waals surface area contributed by atoms with Gasteiger partial charge in [-0.2, -0.15) is 0 Å². The van der Waals surface area contributed by atoms with Crippen LogP contribution in [0.4, 0.5) is 0 Å². The van der Waals surface area contributed by atoms with Crippen LogP contribution in [0, 0.1) is 5.92 Å². The van der Waals surface area contributed by atoms with E-state index in [0.29, 0.717) is 11.5 Å². The molecular weight excluding hydrogens is 302 g/mol. The van der Waals surface area contributed by atoms with E-state index in [9.17, 15) is 9.59 Å². The van der Waals surface area contributed by atoms with Crippen molar-refractivity contribution in [2.45, 2.75) is 19.3 Å². The molecule has 126 valence electrons. The second-order valence-corrected chi connectivity index (χ2v) is 6.51. The number of likely N-dealkylation sites (tertiary alicyclic amines) is 1. The molecule has 0 aliphatic carbocycles. The third-order valence-electron chi connectivity index (χ3n) is 4.83. The Labute approximate surface area is 142 Å². The van der Waals surface area contributed by atoms with Crippen molar-refractivity contribution >= 4 is 11.8 Å². The highest BCUT2D eigenvalue weighted by molar-refractivity contribution is 5.93. The van der Waals surface area contributed by atoms with E-state index in [1.165, 1.54) is 5.56 Å². The maximum Gasteiger partial charge on any atom is 0.270 e. The molecule has 1 aliphatic heterocycles. The Bertz CT molecular complexity index is 725. The summed E-state index contributed by atoms with van der Waals surface area (Å²) in [6.45, 7) is 1.60. The molecule has 0 atom stereocenters. The highest BCUT2D eigenvalue weighted by Crippen LogP contribution is 2.23.